The third-order valence-corrected chi connectivity index (χ3v) is 3.66. The van der Waals surface area contributed by atoms with Crippen molar-refractivity contribution in [3.8, 4) is 6.07 Å². The molecule has 0 aromatic carbocycles. The van der Waals surface area contributed by atoms with Gasteiger partial charge in [-0.2, -0.15) is 5.26 Å². The number of hydrogen-bond acceptors (Lipinski definition) is 5. The van der Waals surface area contributed by atoms with Gasteiger partial charge in [0, 0.05) is 12.3 Å². The number of nitrogens with zero attached hydrogens (tertiary/aromatic N) is 2. The molecule has 0 radical (unpaired) electrons. The van der Waals surface area contributed by atoms with E-state index in [1.165, 1.54) is 12.3 Å². The number of nitriles is 1. The molecule has 2 N–H and O–H groups in total. The van der Waals surface area contributed by atoms with Crippen molar-refractivity contribution in [1.29, 1.82) is 5.26 Å². The number of nitrogens with one attached hydrogen (secondary N) is 2. The highest BCUT2D eigenvalue weighted by Crippen LogP contribution is 2.16. The Morgan fingerprint density at radius 1 is 1.68 bits per heavy atom. The number of carbonyl (C=O) groups is 1. The van der Waals surface area contributed by atoms with Crippen LogP contribution in [-0.4, -0.2) is 27.2 Å². The van der Waals surface area contributed by atoms with E-state index in [1.807, 2.05) is 13.8 Å². The zero-order chi connectivity index (χ0) is 14.5. The highest BCUT2D eigenvalue weighted by atomic mass is 32.2. The van der Waals surface area contributed by atoms with Crippen molar-refractivity contribution in [2.24, 2.45) is 5.92 Å². The van der Waals surface area contributed by atoms with Gasteiger partial charge in [0.15, 0.2) is 5.16 Å². The molecule has 19 heavy (non-hydrogen) atoms. The molecule has 0 aliphatic carbocycles. The van der Waals surface area contributed by atoms with E-state index in [-0.39, 0.29) is 23.1 Å². The summed E-state index contributed by atoms with van der Waals surface area (Å²) in [5, 5.41) is 12.2. The van der Waals surface area contributed by atoms with Gasteiger partial charge in [-0.15, -0.1) is 0 Å². The van der Waals surface area contributed by atoms with Crippen molar-refractivity contribution in [3.05, 3.63) is 22.6 Å². The summed E-state index contributed by atoms with van der Waals surface area (Å²) < 4.78 is 0. The summed E-state index contributed by atoms with van der Waals surface area (Å²) in [4.78, 5) is 29.3. The molecular formula is C12H16N4O2S. The van der Waals surface area contributed by atoms with Crippen LogP contribution in [0.4, 0.5) is 0 Å². The zero-order valence-electron chi connectivity index (χ0n) is 11.1. The summed E-state index contributed by atoms with van der Waals surface area (Å²) in [6, 6.07) is 3.40. The third kappa shape index (κ3) is 4.41. The lowest BCUT2D eigenvalue weighted by Gasteiger charge is -2.27. The number of H-pyrrole nitrogens is 1. The first-order chi connectivity index (χ1) is 8.87. The number of rotatable bonds is 5. The fourth-order valence-corrected chi connectivity index (χ4v) is 1.83. The zero-order valence-corrected chi connectivity index (χ0v) is 11.9. The van der Waals surface area contributed by atoms with E-state index in [2.05, 4.69) is 21.4 Å². The van der Waals surface area contributed by atoms with E-state index in [1.54, 1.807) is 6.92 Å². The molecule has 0 aliphatic heterocycles. The van der Waals surface area contributed by atoms with Crippen molar-refractivity contribution in [2.75, 3.05) is 5.75 Å². The molecule has 102 valence electrons. The van der Waals surface area contributed by atoms with Gasteiger partial charge < -0.3 is 10.3 Å². The second kappa shape index (κ2) is 6.38. The summed E-state index contributed by atoms with van der Waals surface area (Å²) in [7, 11) is 0. The number of aromatic nitrogens is 2. The van der Waals surface area contributed by atoms with Crippen molar-refractivity contribution in [2.45, 2.75) is 31.5 Å². The summed E-state index contributed by atoms with van der Waals surface area (Å²) in [5.41, 5.74) is -1.16. The predicted octanol–water partition coefficient (Wildman–Crippen LogP) is 0.916. The van der Waals surface area contributed by atoms with Crippen molar-refractivity contribution < 1.29 is 4.79 Å². The van der Waals surface area contributed by atoms with Gasteiger partial charge in [0.1, 0.15) is 5.54 Å². The molecule has 1 rings (SSSR count). The molecular weight excluding hydrogens is 264 g/mol. The molecule has 0 saturated carbocycles. The number of carbonyl (C=O) groups excluding carboxylic acids is 1. The Hall–Kier alpha value is -1.81. The fourth-order valence-electron chi connectivity index (χ4n) is 1.19. The topological polar surface area (TPSA) is 98.6 Å². The smallest absolute Gasteiger partial charge is 0.251 e. The first-order valence-electron chi connectivity index (χ1n) is 5.78. The van der Waals surface area contributed by atoms with Gasteiger partial charge >= 0.3 is 0 Å². The van der Waals surface area contributed by atoms with Crippen LogP contribution in [0.1, 0.15) is 20.8 Å². The first-order valence-corrected chi connectivity index (χ1v) is 6.76. The quantitative estimate of drug-likeness (QED) is 0.617. The molecule has 1 atom stereocenters. The molecule has 0 aliphatic rings. The lowest BCUT2D eigenvalue weighted by molar-refractivity contribution is -0.120. The molecule has 1 heterocycles. The van der Waals surface area contributed by atoms with Crippen LogP contribution in [0.5, 0.6) is 0 Å². The van der Waals surface area contributed by atoms with Gasteiger partial charge in [0.25, 0.3) is 5.56 Å². The van der Waals surface area contributed by atoms with Gasteiger partial charge in [-0.25, -0.2) is 4.98 Å². The monoisotopic (exact) mass is 280 g/mol. The predicted molar refractivity (Wildman–Crippen MR) is 72.6 cm³/mol. The van der Waals surface area contributed by atoms with E-state index in [0.717, 1.165) is 11.8 Å². The molecule has 6 nitrogen and oxygen atoms in total. The Kier molecular flexibility index (Phi) is 5.12. The molecule has 0 unspecified atom stereocenters. The van der Waals surface area contributed by atoms with E-state index in [0.29, 0.717) is 5.16 Å². The summed E-state index contributed by atoms with van der Waals surface area (Å²) in [6.07, 6.45) is 1.38. The van der Waals surface area contributed by atoms with Crippen LogP contribution >= 0.6 is 11.8 Å². The molecule has 1 aromatic rings. The van der Waals surface area contributed by atoms with Gasteiger partial charge in [-0.1, -0.05) is 25.6 Å². The van der Waals surface area contributed by atoms with Crippen LogP contribution in [0.15, 0.2) is 22.2 Å². The van der Waals surface area contributed by atoms with Crippen LogP contribution in [0.2, 0.25) is 0 Å². The summed E-state index contributed by atoms with van der Waals surface area (Å²) in [5.74, 6) is -0.174. The minimum atomic E-state index is -0.894. The van der Waals surface area contributed by atoms with E-state index in [4.69, 9.17) is 5.26 Å². The fraction of sp³-hybridized carbons (Fsp3) is 0.500. The van der Waals surface area contributed by atoms with Crippen LogP contribution in [-0.2, 0) is 4.79 Å². The summed E-state index contributed by atoms with van der Waals surface area (Å²) in [6.45, 7) is 5.42. The Morgan fingerprint density at radius 3 is 2.89 bits per heavy atom. The lowest BCUT2D eigenvalue weighted by Crippen LogP contribution is -2.49. The van der Waals surface area contributed by atoms with Gasteiger partial charge in [0.05, 0.1) is 11.8 Å². The minimum absolute atomic E-state index is 0.00103. The number of amides is 1. The van der Waals surface area contributed by atoms with Gasteiger partial charge in [0.2, 0.25) is 5.91 Å². The van der Waals surface area contributed by atoms with E-state index >= 15 is 0 Å². The highest BCUT2D eigenvalue weighted by Gasteiger charge is 2.29. The molecule has 0 fully saturated rings. The highest BCUT2D eigenvalue weighted by molar-refractivity contribution is 7.99. The SMILES string of the molecule is CC(C)[C@](C)(C#N)NC(=O)CSc1nccc(=O)[nH]1. The van der Waals surface area contributed by atoms with E-state index in [9.17, 15) is 9.59 Å². The largest absolute Gasteiger partial charge is 0.337 e. The normalized spacial score (nSPS) is 13.6. The first kappa shape index (κ1) is 15.2. The van der Waals surface area contributed by atoms with Crippen molar-refractivity contribution >= 4 is 17.7 Å². The van der Waals surface area contributed by atoms with E-state index < -0.39 is 5.54 Å². The minimum Gasteiger partial charge on any atom is -0.337 e. The molecule has 7 heteroatoms. The Labute approximate surface area is 115 Å². The van der Waals surface area contributed by atoms with Crippen LogP contribution in [0.3, 0.4) is 0 Å². The standard InChI is InChI=1S/C12H16N4O2S/c1-8(2)12(3,7-13)16-10(18)6-19-11-14-5-4-9(17)15-11/h4-5,8H,6H2,1-3H3,(H,16,18)(H,14,15,17)/t12-/m0/s1. The lowest BCUT2D eigenvalue weighted by atomic mass is 9.90. The van der Waals surface area contributed by atoms with Gasteiger partial charge in [-0.3, -0.25) is 9.59 Å². The maximum absolute atomic E-state index is 11.8. The molecule has 1 amide bonds. The van der Waals surface area contributed by atoms with Crippen LogP contribution in [0.25, 0.3) is 0 Å². The van der Waals surface area contributed by atoms with Crippen molar-refractivity contribution in [1.82, 2.24) is 15.3 Å². The van der Waals surface area contributed by atoms with Crippen molar-refractivity contribution in [3.63, 3.8) is 0 Å². The molecule has 0 saturated heterocycles. The second-order valence-corrected chi connectivity index (χ2v) is 5.51. The number of thioether (sulfide) groups is 1. The van der Waals surface area contributed by atoms with Crippen LogP contribution in [0, 0.1) is 17.2 Å². The average Bonchev–Trinajstić information content (AvgIpc) is 2.36. The third-order valence-electron chi connectivity index (χ3n) is 2.77. The Bertz CT molecular complexity index is 549. The molecule has 1 aromatic heterocycles. The maximum atomic E-state index is 11.8. The second-order valence-electron chi connectivity index (χ2n) is 4.54. The summed E-state index contributed by atoms with van der Waals surface area (Å²) >= 11 is 1.12. The van der Waals surface area contributed by atoms with Crippen LogP contribution < -0.4 is 10.9 Å². The Morgan fingerprint density at radius 2 is 2.37 bits per heavy atom. The molecule has 0 bridgehead atoms. The van der Waals surface area contributed by atoms with Gasteiger partial charge in [-0.05, 0) is 12.8 Å². The average molecular weight is 280 g/mol. The number of aromatic amines is 1. The maximum Gasteiger partial charge on any atom is 0.251 e. The Balaban J connectivity index is 2.58. The number of hydrogen-bond donors (Lipinski definition) is 2. The molecule has 0 spiro atoms.